The van der Waals surface area contributed by atoms with E-state index in [0.717, 1.165) is 12.2 Å². The van der Waals surface area contributed by atoms with Crippen molar-refractivity contribution in [3.8, 4) is 5.75 Å². The number of fused-ring (bicyclic) bond motifs is 1. The van der Waals surface area contributed by atoms with Gasteiger partial charge in [0.2, 0.25) is 0 Å². The van der Waals surface area contributed by atoms with Gasteiger partial charge >= 0.3 is 0 Å². The van der Waals surface area contributed by atoms with Crippen molar-refractivity contribution in [1.29, 1.82) is 0 Å². The summed E-state index contributed by atoms with van der Waals surface area (Å²) in [7, 11) is 1.66. The lowest BCUT2D eigenvalue weighted by atomic mass is 10.1. The second-order valence-electron chi connectivity index (χ2n) is 4.73. The zero-order valence-electron chi connectivity index (χ0n) is 11.4. The van der Waals surface area contributed by atoms with Crippen LogP contribution in [0.25, 0.3) is 0 Å². The summed E-state index contributed by atoms with van der Waals surface area (Å²) in [5.74, 6) is 0.821. The van der Waals surface area contributed by atoms with Crippen LogP contribution in [0.1, 0.15) is 17.3 Å². The minimum absolute atomic E-state index is 0.108. The van der Waals surface area contributed by atoms with E-state index in [9.17, 15) is 4.79 Å². The number of carbonyl (C=O) groups is 1. The molecule has 1 unspecified atom stereocenters. The number of carbonyl (C=O) groups excluding carboxylic acids is 1. The van der Waals surface area contributed by atoms with Crippen LogP contribution in [0, 0.1) is 5.92 Å². The lowest BCUT2D eigenvalue weighted by Crippen LogP contribution is -2.31. The standard InChI is InChI=1S/C14H20N2O3/c1-10(9-18-2)8-16-14(17)11-4-3-5-12-13(11)19-7-6-15-12/h3-5,10,15H,6-9H2,1-2H3,(H,16,17). The Bertz CT molecular complexity index is 448. The Hall–Kier alpha value is -1.75. The van der Waals surface area contributed by atoms with Crippen LogP contribution >= 0.6 is 0 Å². The molecule has 1 aliphatic rings. The fraction of sp³-hybridized carbons (Fsp3) is 0.500. The molecule has 0 saturated carbocycles. The Morgan fingerprint density at radius 1 is 1.58 bits per heavy atom. The lowest BCUT2D eigenvalue weighted by molar-refractivity contribution is 0.0930. The molecule has 0 bridgehead atoms. The molecular formula is C14H20N2O3. The molecule has 0 fully saturated rings. The van der Waals surface area contributed by atoms with E-state index < -0.39 is 0 Å². The molecule has 0 aliphatic carbocycles. The first-order chi connectivity index (χ1) is 9.22. The predicted octanol–water partition coefficient (Wildman–Crippen LogP) is 1.50. The van der Waals surface area contributed by atoms with Gasteiger partial charge in [-0.15, -0.1) is 0 Å². The van der Waals surface area contributed by atoms with Gasteiger partial charge in [0, 0.05) is 20.2 Å². The van der Waals surface area contributed by atoms with Crippen LogP contribution < -0.4 is 15.4 Å². The molecule has 1 aromatic carbocycles. The third kappa shape index (κ3) is 3.38. The Morgan fingerprint density at radius 3 is 3.21 bits per heavy atom. The second kappa shape index (κ2) is 6.43. The first kappa shape index (κ1) is 13.7. The van der Waals surface area contributed by atoms with Gasteiger partial charge in [-0.1, -0.05) is 13.0 Å². The molecule has 5 heteroatoms. The molecule has 0 aromatic heterocycles. The topological polar surface area (TPSA) is 59.6 Å². The summed E-state index contributed by atoms with van der Waals surface area (Å²) in [4.78, 5) is 12.2. The van der Waals surface area contributed by atoms with E-state index in [1.165, 1.54) is 0 Å². The van der Waals surface area contributed by atoms with Crippen LogP contribution in [0.4, 0.5) is 5.69 Å². The van der Waals surface area contributed by atoms with E-state index >= 15 is 0 Å². The minimum atomic E-state index is -0.108. The summed E-state index contributed by atoms with van der Waals surface area (Å²) in [5, 5.41) is 6.12. The smallest absolute Gasteiger partial charge is 0.255 e. The summed E-state index contributed by atoms with van der Waals surface area (Å²) in [6, 6.07) is 5.55. The van der Waals surface area contributed by atoms with E-state index in [-0.39, 0.29) is 11.8 Å². The molecule has 2 rings (SSSR count). The van der Waals surface area contributed by atoms with E-state index in [4.69, 9.17) is 9.47 Å². The van der Waals surface area contributed by atoms with Crippen LogP contribution in [0.5, 0.6) is 5.75 Å². The number of ether oxygens (including phenoxy) is 2. The quantitative estimate of drug-likeness (QED) is 0.846. The van der Waals surface area contributed by atoms with Gasteiger partial charge in [-0.05, 0) is 18.1 Å². The third-order valence-corrected chi connectivity index (χ3v) is 2.99. The van der Waals surface area contributed by atoms with Crippen LogP contribution in [0.2, 0.25) is 0 Å². The number of amides is 1. The average Bonchev–Trinajstić information content (AvgIpc) is 2.44. The minimum Gasteiger partial charge on any atom is -0.489 e. The fourth-order valence-corrected chi connectivity index (χ4v) is 2.05. The monoisotopic (exact) mass is 264 g/mol. The van der Waals surface area contributed by atoms with Crippen LogP contribution in [-0.2, 0) is 4.74 Å². The summed E-state index contributed by atoms with van der Waals surface area (Å²) in [6.07, 6.45) is 0. The largest absolute Gasteiger partial charge is 0.489 e. The number of hydrogen-bond donors (Lipinski definition) is 2. The molecule has 1 aliphatic heterocycles. The molecule has 0 radical (unpaired) electrons. The summed E-state index contributed by atoms with van der Waals surface area (Å²) >= 11 is 0. The number of rotatable bonds is 5. The van der Waals surface area contributed by atoms with E-state index in [2.05, 4.69) is 10.6 Å². The van der Waals surface area contributed by atoms with Crippen molar-refractivity contribution in [3.05, 3.63) is 23.8 Å². The molecule has 0 spiro atoms. The molecule has 104 valence electrons. The Morgan fingerprint density at radius 2 is 2.42 bits per heavy atom. The number of methoxy groups -OCH3 is 1. The van der Waals surface area contributed by atoms with Crippen molar-refractivity contribution in [3.63, 3.8) is 0 Å². The van der Waals surface area contributed by atoms with E-state index in [1.807, 2.05) is 19.1 Å². The lowest BCUT2D eigenvalue weighted by Gasteiger charge is -2.21. The molecular weight excluding hydrogens is 244 g/mol. The molecule has 5 nitrogen and oxygen atoms in total. The molecule has 1 atom stereocenters. The Labute approximate surface area is 113 Å². The molecule has 2 N–H and O–H groups in total. The van der Waals surface area contributed by atoms with Gasteiger partial charge < -0.3 is 20.1 Å². The van der Waals surface area contributed by atoms with Crippen molar-refractivity contribution < 1.29 is 14.3 Å². The zero-order chi connectivity index (χ0) is 13.7. The van der Waals surface area contributed by atoms with Gasteiger partial charge in [0.15, 0.2) is 5.75 Å². The summed E-state index contributed by atoms with van der Waals surface area (Å²) in [5.41, 5.74) is 1.46. The van der Waals surface area contributed by atoms with E-state index in [0.29, 0.717) is 31.1 Å². The summed E-state index contributed by atoms with van der Waals surface area (Å²) < 4.78 is 10.6. The van der Waals surface area contributed by atoms with Gasteiger partial charge in [0.1, 0.15) is 6.61 Å². The van der Waals surface area contributed by atoms with Crippen LogP contribution in [0.15, 0.2) is 18.2 Å². The predicted molar refractivity (Wildman–Crippen MR) is 73.8 cm³/mol. The Balaban J connectivity index is 2.03. The highest BCUT2D eigenvalue weighted by Gasteiger charge is 2.19. The number of hydrogen-bond acceptors (Lipinski definition) is 4. The average molecular weight is 264 g/mol. The van der Waals surface area contributed by atoms with Crippen molar-refractivity contribution in [1.82, 2.24) is 5.32 Å². The maximum atomic E-state index is 12.2. The van der Waals surface area contributed by atoms with Crippen molar-refractivity contribution in [2.45, 2.75) is 6.92 Å². The van der Waals surface area contributed by atoms with Gasteiger partial charge in [0.05, 0.1) is 17.9 Å². The first-order valence-corrected chi connectivity index (χ1v) is 6.49. The van der Waals surface area contributed by atoms with Gasteiger partial charge in [0.25, 0.3) is 5.91 Å². The van der Waals surface area contributed by atoms with E-state index in [1.54, 1.807) is 13.2 Å². The summed E-state index contributed by atoms with van der Waals surface area (Å²) in [6.45, 7) is 4.59. The van der Waals surface area contributed by atoms with Crippen LogP contribution in [-0.4, -0.2) is 39.3 Å². The van der Waals surface area contributed by atoms with Gasteiger partial charge in [-0.2, -0.15) is 0 Å². The third-order valence-electron chi connectivity index (χ3n) is 2.99. The van der Waals surface area contributed by atoms with Crippen molar-refractivity contribution >= 4 is 11.6 Å². The first-order valence-electron chi connectivity index (χ1n) is 6.49. The van der Waals surface area contributed by atoms with Crippen molar-refractivity contribution in [2.24, 2.45) is 5.92 Å². The highest BCUT2D eigenvalue weighted by molar-refractivity contribution is 5.98. The SMILES string of the molecule is COCC(C)CNC(=O)c1cccc2c1OCCN2. The number of benzene rings is 1. The highest BCUT2D eigenvalue weighted by Crippen LogP contribution is 2.30. The number of para-hydroxylation sites is 1. The Kier molecular flexibility index (Phi) is 4.63. The maximum Gasteiger partial charge on any atom is 0.255 e. The zero-order valence-corrected chi connectivity index (χ0v) is 11.4. The number of anilines is 1. The molecule has 1 heterocycles. The molecule has 0 saturated heterocycles. The van der Waals surface area contributed by atoms with Crippen molar-refractivity contribution in [2.75, 3.05) is 38.7 Å². The van der Waals surface area contributed by atoms with Gasteiger partial charge in [-0.3, -0.25) is 4.79 Å². The molecule has 1 amide bonds. The van der Waals surface area contributed by atoms with Gasteiger partial charge in [-0.25, -0.2) is 0 Å². The second-order valence-corrected chi connectivity index (χ2v) is 4.73. The van der Waals surface area contributed by atoms with Crippen LogP contribution in [0.3, 0.4) is 0 Å². The number of nitrogens with one attached hydrogen (secondary N) is 2. The fourth-order valence-electron chi connectivity index (χ4n) is 2.05. The normalized spacial score (nSPS) is 14.8. The molecule has 1 aromatic rings. The highest BCUT2D eigenvalue weighted by atomic mass is 16.5. The maximum absolute atomic E-state index is 12.2. The molecule has 19 heavy (non-hydrogen) atoms.